The minimum Gasteiger partial charge on any atom is -0.480 e. The molecule has 0 aliphatic carbocycles. The van der Waals surface area contributed by atoms with E-state index in [-0.39, 0.29) is 5.91 Å². The summed E-state index contributed by atoms with van der Waals surface area (Å²) < 4.78 is 5.94. The number of para-hydroxylation sites is 1. The van der Waals surface area contributed by atoms with E-state index >= 15 is 0 Å². The smallest absolute Gasteiger partial charge is 0.267 e. The van der Waals surface area contributed by atoms with Crippen molar-refractivity contribution in [3.63, 3.8) is 0 Å². The molecule has 0 saturated carbocycles. The standard InChI is InChI=1S/C20H19NO2/c1-15(20(22)21(2)17-11-4-3-5-12-17)23-19-14-8-10-16-9-6-7-13-18(16)19/h3-15H,1-2H3/t15-/m0/s1. The van der Waals surface area contributed by atoms with Gasteiger partial charge in [-0.15, -0.1) is 0 Å². The first-order valence-electron chi connectivity index (χ1n) is 7.64. The number of amides is 1. The van der Waals surface area contributed by atoms with Crippen LogP contribution in [0.3, 0.4) is 0 Å². The first-order chi connectivity index (χ1) is 11.2. The van der Waals surface area contributed by atoms with Gasteiger partial charge in [0, 0.05) is 18.1 Å². The number of carbonyl (C=O) groups is 1. The predicted molar refractivity (Wildman–Crippen MR) is 93.9 cm³/mol. The number of nitrogens with zero attached hydrogens (tertiary/aromatic N) is 1. The van der Waals surface area contributed by atoms with Crippen LogP contribution < -0.4 is 9.64 Å². The Bertz CT molecular complexity index is 809. The fourth-order valence-corrected chi connectivity index (χ4v) is 2.59. The number of carbonyl (C=O) groups excluding carboxylic acids is 1. The fraction of sp³-hybridized carbons (Fsp3) is 0.150. The van der Waals surface area contributed by atoms with Crippen molar-refractivity contribution in [3.05, 3.63) is 72.8 Å². The molecule has 0 heterocycles. The normalized spacial score (nSPS) is 11.9. The van der Waals surface area contributed by atoms with Crippen molar-refractivity contribution in [2.75, 3.05) is 11.9 Å². The van der Waals surface area contributed by atoms with Gasteiger partial charge in [-0.3, -0.25) is 4.79 Å². The number of benzene rings is 3. The third-order valence-corrected chi connectivity index (χ3v) is 3.88. The summed E-state index contributed by atoms with van der Waals surface area (Å²) in [6.45, 7) is 1.78. The van der Waals surface area contributed by atoms with Crippen LogP contribution in [0.1, 0.15) is 6.92 Å². The van der Waals surface area contributed by atoms with E-state index in [1.807, 2.05) is 72.8 Å². The lowest BCUT2D eigenvalue weighted by Gasteiger charge is -2.22. The zero-order chi connectivity index (χ0) is 16.2. The molecule has 116 valence electrons. The van der Waals surface area contributed by atoms with E-state index < -0.39 is 6.10 Å². The van der Waals surface area contributed by atoms with Crippen molar-refractivity contribution >= 4 is 22.4 Å². The van der Waals surface area contributed by atoms with Gasteiger partial charge in [-0.1, -0.05) is 54.6 Å². The summed E-state index contributed by atoms with van der Waals surface area (Å²) in [5, 5.41) is 2.11. The third kappa shape index (κ3) is 3.19. The molecule has 0 spiro atoms. The van der Waals surface area contributed by atoms with Crippen LogP contribution in [0.4, 0.5) is 5.69 Å². The Balaban J connectivity index is 1.80. The molecule has 0 bridgehead atoms. The van der Waals surface area contributed by atoms with Gasteiger partial charge in [0.1, 0.15) is 5.75 Å². The second-order valence-electron chi connectivity index (χ2n) is 5.47. The van der Waals surface area contributed by atoms with Crippen molar-refractivity contribution < 1.29 is 9.53 Å². The number of hydrogen-bond acceptors (Lipinski definition) is 2. The Labute approximate surface area is 136 Å². The lowest BCUT2D eigenvalue weighted by atomic mass is 10.1. The van der Waals surface area contributed by atoms with Crippen LogP contribution in [0, 0.1) is 0 Å². The van der Waals surface area contributed by atoms with Gasteiger partial charge in [-0.05, 0) is 30.5 Å². The number of likely N-dealkylation sites (N-methyl/N-ethyl adjacent to an activating group) is 1. The molecule has 0 saturated heterocycles. The highest BCUT2D eigenvalue weighted by atomic mass is 16.5. The maximum Gasteiger partial charge on any atom is 0.267 e. The van der Waals surface area contributed by atoms with Gasteiger partial charge in [-0.2, -0.15) is 0 Å². The van der Waals surface area contributed by atoms with E-state index in [0.29, 0.717) is 0 Å². The molecule has 1 atom stereocenters. The summed E-state index contributed by atoms with van der Waals surface area (Å²) >= 11 is 0. The molecule has 0 aliphatic heterocycles. The Morgan fingerprint density at radius 3 is 2.35 bits per heavy atom. The van der Waals surface area contributed by atoms with E-state index in [0.717, 1.165) is 22.2 Å². The lowest BCUT2D eigenvalue weighted by Crippen LogP contribution is -2.38. The van der Waals surface area contributed by atoms with Gasteiger partial charge in [0.25, 0.3) is 5.91 Å². The van der Waals surface area contributed by atoms with E-state index in [9.17, 15) is 4.79 Å². The van der Waals surface area contributed by atoms with Crippen LogP contribution in [-0.4, -0.2) is 19.1 Å². The second kappa shape index (κ2) is 6.53. The second-order valence-corrected chi connectivity index (χ2v) is 5.47. The summed E-state index contributed by atoms with van der Waals surface area (Å²) in [5.74, 6) is 0.648. The van der Waals surface area contributed by atoms with Gasteiger partial charge in [0.15, 0.2) is 6.10 Å². The number of anilines is 1. The minimum absolute atomic E-state index is 0.0795. The zero-order valence-electron chi connectivity index (χ0n) is 13.3. The maximum atomic E-state index is 12.6. The van der Waals surface area contributed by atoms with Gasteiger partial charge in [-0.25, -0.2) is 0 Å². The highest BCUT2D eigenvalue weighted by molar-refractivity contribution is 5.96. The average Bonchev–Trinajstić information content (AvgIpc) is 2.61. The molecule has 23 heavy (non-hydrogen) atoms. The molecule has 3 rings (SSSR count). The molecule has 3 aromatic carbocycles. The molecule has 0 radical (unpaired) electrons. The van der Waals surface area contributed by atoms with Gasteiger partial charge in [0.05, 0.1) is 0 Å². The largest absolute Gasteiger partial charge is 0.480 e. The molecule has 3 nitrogen and oxygen atoms in total. The fourth-order valence-electron chi connectivity index (χ4n) is 2.59. The number of fused-ring (bicyclic) bond motifs is 1. The minimum atomic E-state index is -0.564. The zero-order valence-corrected chi connectivity index (χ0v) is 13.3. The van der Waals surface area contributed by atoms with Gasteiger partial charge in [0.2, 0.25) is 0 Å². The van der Waals surface area contributed by atoms with E-state index in [2.05, 4.69) is 0 Å². The van der Waals surface area contributed by atoms with Crippen LogP contribution in [0.2, 0.25) is 0 Å². The summed E-state index contributed by atoms with van der Waals surface area (Å²) in [6, 6.07) is 23.4. The summed E-state index contributed by atoms with van der Waals surface area (Å²) in [5.41, 5.74) is 0.853. The van der Waals surface area contributed by atoms with Crippen LogP contribution in [0.15, 0.2) is 72.8 Å². The highest BCUT2D eigenvalue weighted by Crippen LogP contribution is 2.26. The Kier molecular flexibility index (Phi) is 4.29. The quantitative estimate of drug-likeness (QED) is 0.720. The number of rotatable bonds is 4. The molecule has 1 amide bonds. The summed E-state index contributed by atoms with van der Waals surface area (Å²) in [6.07, 6.45) is -0.564. The van der Waals surface area contributed by atoms with Crippen LogP contribution in [0.5, 0.6) is 5.75 Å². The molecule has 0 N–H and O–H groups in total. The van der Waals surface area contributed by atoms with Crippen molar-refractivity contribution in [2.45, 2.75) is 13.0 Å². The first kappa shape index (κ1) is 15.1. The Morgan fingerprint density at radius 2 is 1.57 bits per heavy atom. The third-order valence-electron chi connectivity index (χ3n) is 3.88. The van der Waals surface area contributed by atoms with Crippen molar-refractivity contribution in [1.29, 1.82) is 0 Å². The number of ether oxygens (including phenoxy) is 1. The Hall–Kier alpha value is -2.81. The van der Waals surface area contributed by atoms with Gasteiger partial charge >= 0.3 is 0 Å². The van der Waals surface area contributed by atoms with Crippen LogP contribution >= 0.6 is 0 Å². The van der Waals surface area contributed by atoms with Crippen molar-refractivity contribution in [2.24, 2.45) is 0 Å². The van der Waals surface area contributed by atoms with E-state index in [1.165, 1.54) is 0 Å². The molecule has 0 unspecified atom stereocenters. The molecular formula is C20H19NO2. The molecule has 3 aromatic rings. The molecule has 3 heteroatoms. The molecule has 0 aliphatic rings. The Morgan fingerprint density at radius 1 is 0.913 bits per heavy atom. The highest BCUT2D eigenvalue weighted by Gasteiger charge is 2.20. The maximum absolute atomic E-state index is 12.6. The van der Waals surface area contributed by atoms with Crippen molar-refractivity contribution in [1.82, 2.24) is 0 Å². The first-order valence-corrected chi connectivity index (χ1v) is 7.64. The van der Waals surface area contributed by atoms with Crippen LogP contribution in [-0.2, 0) is 4.79 Å². The molecule has 0 aromatic heterocycles. The summed E-state index contributed by atoms with van der Waals surface area (Å²) in [7, 11) is 1.76. The monoisotopic (exact) mass is 305 g/mol. The topological polar surface area (TPSA) is 29.5 Å². The van der Waals surface area contributed by atoms with E-state index in [4.69, 9.17) is 4.74 Å². The van der Waals surface area contributed by atoms with Gasteiger partial charge < -0.3 is 9.64 Å². The summed E-state index contributed by atoms with van der Waals surface area (Å²) in [4.78, 5) is 14.2. The molecule has 0 fully saturated rings. The van der Waals surface area contributed by atoms with Crippen molar-refractivity contribution in [3.8, 4) is 5.75 Å². The SMILES string of the molecule is C[C@H](Oc1cccc2ccccc12)C(=O)N(C)c1ccccc1. The molecular weight excluding hydrogens is 286 g/mol. The lowest BCUT2D eigenvalue weighted by molar-refractivity contribution is -0.124. The predicted octanol–water partition coefficient (Wildman–Crippen LogP) is 4.27. The van der Waals surface area contributed by atoms with Crippen LogP contribution in [0.25, 0.3) is 10.8 Å². The number of hydrogen-bond donors (Lipinski definition) is 0. The van der Waals surface area contributed by atoms with E-state index in [1.54, 1.807) is 18.9 Å². The average molecular weight is 305 g/mol.